The average molecular weight is 358 g/mol. The highest BCUT2D eigenvalue weighted by molar-refractivity contribution is 5.92. The molecule has 1 spiro atoms. The Balaban J connectivity index is 1.25. The molecule has 2 fully saturated rings. The summed E-state index contributed by atoms with van der Waals surface area (Å²) in [7, 11) is 0. The summed E-state index contributed by atoms with van der Waals surface area (Å²) < 4.78 is 16.6. The fourth-order valence-electron chi connectivity index (χ4n) is 3.68. The molecular formula is C18H22N4O4. The lowest BCUT2D eigenvalue weighted by Gasteiger charge is -2.53. The number of likely N-dealkylation sites (tertiary alicyclic amines) is 1. The molecule has 0 aromatic carbocycles. The zero-order chi connectivity index (χ0) is 18.0. The van der Waals surface area contributed by atoms with Crippen LogP contribution in [0.5, 0.6) is 6.01 Å². The van der Waals surface area contributed by atoms with Crippen LogP contribution in [0.1, 0.15) is 35.4 Å². The lowest BCUT2D eigenvalue weighted by Crippen LogP contribution is -2.66. The predicted molar refractivity (Wildman–Crippen MR) is 90.7 cm³/mol. The van der Waals surface area contributed by atoms with E-state index in [1.807, 2.05) is 13.0 Å². The minimum atomic E-state index is -0.220. The molecule has 8 heteroatoms. The molecule has 2 aromatic heterocycles. The Morgan fingerprint density at radius 2 is 2.31 bits per heavy atom. The number of hydrogen-bond donors (Lipinski definition) is 0. The van der Waals surface area contributed by atoms with E-state index < -0.39 is 0 Å². The van der Waals surface area contributed by atoms with Crippen LogP contribution >= 0.6 is 0 Å². The first-order chi connectivity index (χ1) is 12.6. The zero-order valence-electron chi connectivity index (χ0n) is 14.8. The zero-order valence-corrected chi connectivity index (χ0v) is 14.8. The van der Waals surface area contributed by atoms with Gasteiger partial charge >= 0.3 is 6.01 Å². The summed E-state index contributed by atoms with van der Waals surface area (Å²) in [5, 5.41) is 0. The van der Waals surface area contributed by atoms with Crippen LogP contribution in [0.2, 0.25) is 0 Å². The fraction of sp³-hybridized carbons (Fsp3) is 0.556. The van der Waals surface area contributed by atoms with E-state index in [2.05, 4.69) is 15.0 Å². The van der Waals surface area contributed by atoms with Gasteiger partial charge in [-0.15, -0.1) is 0 Å². The van der Waals surface area contributed by atoms with Gasteiger partial charge in [-0.2, -0.15) is 0 Å². The van der Waals surface area contributed by atoms with Crippen LogP contribution in [0.3, 0.4) is 0 Å². The number of carbonyl (C=O) groups is 1. The Kier molecular flexibility index (Phi) is 4.58. The first-order valence-electron chi connectivity index (χ1n) is 8.87. The number of aromatic nitrogens is 3. The van der Waals surface area contributed by atoms with Gasteiger partial charge in [0.05, 0.1) is 19.7 Å². The molecule has 2 aliphatic heterocycles. The maximum absolute atomic E-state index is 12.3. The number of amides is 1. The van der Waals surface area contributed by atoms with E-state index in [-0.39, 0.29) is 11.5 Å². The van der Waals surface area contributed by atoms with Crippen molar-refractivity contribution in [2.75, 3.05) is 26.3 Å². The predicted octanol–water partition coefficient (Wildman–Crippen LogP) is 1.86. The summed E-state index contributed by atoms with van der Waals surface area (Å²) >= 11 is 0. The van der Waals surface area contributed by atoms with Gasteiger partial charge < -0.3 is 18.8 Å². The van der Waals surface area contributed by atoms with Gasteiger partial charge in [-0.05, 0) is 38.2 Å². The lowest BCUT2D eigenvalue weighted by atomic mass is 9.79. The molecule has 2 saturated heterocycles. The quantitative estimate of drug-likeness (QED) is 0.806. The van der Waals surface area contributed by atoms with Crippen LogP contribution in [0.15, 0.2) is 29.3 Å². The Hall–Kier alpha value is -2.48. The molecule has 0 radical (unpaired) electrons. The second kappa shape index (κ2) is 7.03. The van der Waals surface area contributed by atoms with E-state index in [0.29, 0.717) is 37.3 Å². The van der Waals surface area contributed by atoms with Crippen molar-refractivity contribution in [2.45, 2.75) is 31.8 Å². The molecule has 1 atom stereocenters. The number of hydrogen-bond acceptors (Lipinski definition) is 7. The largest absolute Gasteiger partial charge is 0.463 e. The second-order valence-electron chi connectivity index (χ2n) is 7.04. The van der Waals surface area contributed by atoms with Crippen molar-refractivity contribution in [3.8, 4) is 6.01 Å². The van der Waals surface area contributed by atoms with Crippen LogP contribution in [0.25, 0.3) is 0 Å². The van der Waals surface area contributed by atoms with Gasteiger partial charge in [0.2, 0.25) is 0 Å². The molecule has 0 bridgehead atoms. The van der Waals surface area contributed by atoms with Gasteiger partial charge in [0, 0.05) is 18.5 Å². The Labute approximate surface area is 151 Å². The SMILES string of the molecule is Cc1ccnc(OCCC2CCOC3(C2)CN(C(=O)c2cocn2)C3)n1. The smallest absolute Gasteiger partial charge is 0.316 e. The maximum atomic E-state index is 12.3. The van der Waals surface area contributed by atoms with Gasteiger partial charge in [0.25, 0.3) is 5.91 Å². The van der Waals surface area contributed by atoms with Crippen molar-refractivity contribution in [3.05, 3.63) is 36.3 Å². The number of nitrogens with zero attached hydrogens (tertiary/aromatic N) is 4. The number of carbonyl (C=O) groups excluding carboxylic acids is 1. The molecule has 4 rings (SSSR count). The fourth-order valence-corrected chi connectivity index (χ4v) is 3.68. The number of ether oxygens (including phenoxy) is 2. The summed E-state index contributed by atoms with van der Waals surface area (Å²) in [6, 6.07) is 2.28. The van der Waals surface area contributed by atoms with E-state index in [9.17, 15) is 4.79 Å². The monoisotopic (exact) mass is 358 g/mol. The van der Waals surface area contributed by atoms with Crippen molar-refractivity contribution in [3.63, 3.8) is 0 Å². The first-order valence-corrected chi connectivity index (χ1v) is 8.87. The Morgan fingerprint density at radius 3 is 3.08 bits per heavy atom. The molecule has 4 heterocycles. The van der Waals surface area contributed by atoms with E-state index in [4.69, 9.17) is 13.9 Å². The molecule has 2 aromatic rings. The Bertz CT molecular complexity index is 758. The average Bonchev–Trinajstić information content (AvgIpc) is 3.14. The van der Waals surface area contributed by atoms with Crippen LogP contribution in [0.4, 0.5) is 0 Å². The van der Waals surface area contributed by atoms with Crippen molar-refractivity contribution in [2.24, 2.45) is 5.92 Å². The summed E-state index contributed by atoms with van der Waals surface area (Å²) in [6.45, 7) is 4.44. The van der Waals surface area contributed by atoms with Gasteiger partial charge in [-0.25, -0.2) is 15.0 Å². The lowest BCUT2D eigenvalue weighted by molar-refractivity contribution is -0.166. The highest BCUT2D eigenvalue weighted by atomic mass is 16.5. The van der Waals surface area contributed by atoms with Crippen LogP contribution in [-0.2, 0) is 4.74 Å². The molecule has 138 valence electrons. The third-order valence-electron chi connectivity index (χ3n) is 5.02. The highest BCUT2D eigenvalue weighted by Gasteiger charge is 2.49. The van der Waals surface area contributed by atoms with Crippen LogP contribution in [-0.4, -0.2) is 57.7 Å². The number of rotatable bonds is 5. The first kappa shape index (κ1) is 17.0. The van der Waals surface area contributed by atoms with Crippen LogP contribution in [0, 0.1) is 12.8 Å². The van der Waals surface area contributed by atoms with Gasteiger partial charge in [0.1, 0.15) is 11.9 Å². The highest BCUT2D eigenvalue weighted by Crippen LogP contribution is 2.38. The van der Waals surface area contributed by atoms with E-state index >= 15 is 0 Å². The maximum Gasteiger partial charge on any atom is 0.316 e. The number of aryl methyl sites for hydroxylation is 1. The third kappa shape index (κ3) is 3.55. The van der Waals surface area contributed by atoms with Crippen molar-refractivity contribution in [1.29, 1.82) is 0 Å². The summed E-state index contributed by atoms with van der Waals surface area (Å²) in [5.74, 6) is 0.410. The number of oxazole rings is 1. The third-order valence-corrected chi connectivity index (χ3v) is 5.02. The van der Waals surface area contributed by atoms with Gasteiger partial charge in [0.15, 0.2) is 12.1 Å². The molecule has 1 amide bonds. The van der Waals surface area contributed by atoms with Gasteiger partial charge in [-0.1, -0.05) is 0 Å². The van der Waals surface area contributed by atoms with E-state index in [1.165, 1.54) is 12.7 Å². The van der Waals surface area contributed by atoms with Gasteiger partial charge in [-0.3, -0.25) is 4.79 Å². The molecule has 1 unspecified atom stereocenters. The molecular weight excluding hydrogens is 336 g/mol. The minimum Gasteiger partial charge on any atom is -0.463 e. The molecule has 26 heavy (non-hydrogen) atoms. The molecule has 0 saturated carbocycles. The molecule has 0 N–H and O–H groups in total. The topological polar surface area (TPSA) is 90.6 Å². The Morgan fingerprint density at radius 1 is 1.42 bits per heavy atom. The van der Waals surface area contributed by atoms with Crippen molar-refractivity contribution >= 4 is 5.91 Å². The summed E-state index contributed by atoms with van der Waals surface area (Å²) in [5.41, 5.74) is 1.02. The van der Waals surface area contributed by atoms with Crippen LogP contribution < -0.4 is 4.74 Å². The molecule has 8 nitrogen and oxygen atoms in total. The van der Waals surface area contributed by atoms with Crippen molar-refractivity contribution in [1.82, 2.24) is 19.9 Å². The summed E-state index contributed by atoms with van der Waals surface area (Å²) in [4.78, 5) is 26.3. The van der Waals surface area contributed by atoms with E-state index in [1.54, 1.807) is 11.1 Å². The normalized spacial score (nSPS) is 21.4. The standard InChI is InChI=1S/C18H22N4O4/c1-13-2-5-19-17(21-13)25-6-3-14-4-7-26-18(8-14)10-22(11-18)16(23)15-9-24-12-20-15/h2,5,9,12,14H,3-4,6-8,10-11H2,1H3. The van der Waals surface area contributed by atoms with E-state index in [0.717, 1.165) is 31.6 Å². The molecule has 0 aliphatic carbocycles. The second-order valence-corrected chi connectivity index (χ2v) is 7.04. The minimum absolute atomic E-state index is 0.102. The molecule has 2 aliphatic rings. The summed E-state index contributed by atoms with van der Waals surface area (Å²) in [6.07, 6.45) is 7.23. The van der Waals surface area contributed by atoms with Crippen molar-refractivity contribution < 1.29 is 18.7 Å².